The van der Waals surface area contributed by atoms with Crippen LogP contribution in [0.1, 0.15) is 37.7 Å². The molecule has 1 aromatic rings. The van der Waals surface area contributed by atoms with E-state index in [9.17, 15) is 9.90 Å². The van der Waals surface area contributed by atoms with Crippen molar-refractivity contribution in [1.29, 1.82) is 0 Å². The summed E-state index contributed by atoms with van der Waals surface area (Å²) in [6, 6.07) is 11.0. The van der Waals surface area contributed by atoms with Gasteiger partial charge in [0.25, 0.3) is 0 Å². The van der Waals surface area contributed by atoms with Gasteiger partial charge in [-0.3, -0.25) is 10.1 Å². The van der Waals surface area contributed by atoms with Crippen molar-refractivity contribution in [2.75, 3.05) is 19.6 Å². The zero-order chi connectivity index (χ0) is 15.4. The lowest BCUT2D eigenvalue weighted by Gasteiger charge is -2.43. The number of benzene rings is 1. The van der Waals surface area contributed by atoms with Gasteiger partial charge in [-0.05, 0) is 57.2 Å². The van der Waals surface area contributed by atoms with E-state index in [1.165, 1.54) is 5.56 Å². The molecule has 1 aliphatic carbocycles. The normalized spacial score (nSPS) is 22.2. The van der Waals surface area contributed by atoms with Crippen LogP contribution in [0.25, 0.3) is 0 Å². The molecule has 1 saturated carbocycles. The number of aliphatic carboxylic acids is 1. The molecule has 2 N–H and O–H groups in total. The lowest BCUT2D eigenvalue weighted by Crippen LogP contribution is -2.61. The van der Waals surface area contributed by atoms with Gasteiger partial charge in [-0.1, -0.05) is 30.3 Å². The highest BCUT2D eigenvalue weighted by Gasteiger charge is 2.45. The molecule has 1 aliphatic heterocycles. The highest BCUT2D eigenvalue weighted by molar-refractivity contribution is 5.80. The van der Waals surface area contributed by atoms with Crippen LogP contribution in [-0.2, 0) is 11.2 Å². The second-order valence-electron chi connectivity index (χ2n) is 6.74. The molecule has 3 rings (SSSR count). The van der Waals surface area contributed by atoms with Gasteiger partial charge >= 0.3 is 5.97 Å². The Morgan fingerprint density at radius 2 is 1.91 bits per heavy atom. The number of hydrogen-bond acceptors (Lipinski definition) is 3. The molecule has 2 fully saturated rings. The summed E-state index contributed by atoms with van der Waals surface area (Å²) in [4.78, 5) is 13.9. The third-order valence-electron chi connectivity index (χ3n) is 5.24. The summed E-state index contributed by atoms with van der Waals surface area (Å²) in [5.74, 6) is -0.662. The fourth-order valence-corrected chi connectivity index (χ4v) is 3.57. The summed E-state index contributed by atoms with van der Waals surface area (Å²) in [7, 11) is 0. The Bertz CT molecular complexity index is 491. The molecular weight excluding hydrogens is 276 g/mol. The number of carbonyl (C=O) groups is 1. The molecule has 0 aromatic heterocycles. The van der Waals surface area contributed by atoms with Crippen molar-refractivity contribution in [3.8, 4) is 0 Å². The SMILES string of the molecule is O=C(O)C1(NC2CCN(CCc3ccccc3)CC2)CCC1. The minimum absolute atomic E-state index is 0.365. The first-order valence-electron chi connectivity index (χ1n) is 8.45. The van der Waals surface area contributed by atoms with Crippen molar-refractivity contribution < 1.29 is 9.90 Å². The Labute approximate surface area is 132 Å². The topological polar surface area (TPSA) is 52.6 Å². The minimum Gasteiger partial charge on any atom is -0.480 e. The van der Waals surface area contributed by atoms with E-state index in [2.05, 4.69) is 40.5 Å². The van der Waals surface area contributed by atoms with Crippen LogP contribution in [0.2, 0.25) is 0 Å². The monoisotopic (exact) mass is 302 g/mol. The molecule has 0 atom stereocenters. The number of piperidine rings is 1. The zero-order valence-electron chi connectivity index (χ0n) is 13.1. The van der Waals surface area contributed by atoms with Crippen molar-refractivity contribution >= 4 is 5.97 Å². The van der Waals surface area contributed by atoms with Crippen molar-refractivity contribution in [1.82, 2.24) is 10.2 Å². The molecule has 1 heterocycles. The largest absolute Gasteiger partial charge is 0.480 e. The van der Waals surface area contributed by atoms with Gasteiger partial charge in [0.05, 0.1) is 0 Å². The van der Waals surface area contributed by atoms with Gasteiger partial charge in [0.2, 0.25) is 0 Å². The molecule has 0 unspecified atom stereocenters. The fraction of sp³-hybridized carbons (Fsp3) is 0.611. The van der Waals surface area contributed by atoms with E-state index in [-0.39, 0.29) is 0 Å². The van der Waals surface area contributed by atoms with E-state index >= 15 is 0 Å². The third-order valence-corrected chi connectivity index (χ3v) is 5.24. The lowest BCUT2D eigenvalue weighted by atomic mass is 9.76. The Morgan fingerprint density at radius 3 is 2.45 bits per heavy atom. The lowest BCUT2D eigenvalue weighted by molar-refractivity contribution is -0.149. The molecule has 0 amide bonds. The van der Waals surface area contributed by atoms with Crippen LogP contribution in [0.5, 0.6) is 0 Å². The number of carboxylic acids is 1. The van der Waals surface area contributed by atoms with E-state index in [1.54, 1.807) is 0 Å². The fourth-order valence-electron chi connectivity index (χ4n) is 3.57. The number of nitrogens with zero attached hydrogens (tertiary/aromatic N) is 1. The summed E-state index contributed by atoms with van der Waals surface area (Å²) in [5.41, 5.74) is 0.777. The van der Waals surface area contributed by atoms with Crippen LogP contribution < -0.4 is 5.32 Å². The number of carboxylic acid groups (broad SMARTS) is 1. The third kappa shape index (κ3) is 3.50. The quantitative estimate of drug-likeness (QED) is 0.846. The standard InChI is InChI=1S/C18H26N2O2/c21-17(22)18(10-4-11-18)19-16-8-13-20(14-9-16)12-7-15-5-2-1-3-6-15/h1-3,5-6,16,19H,4,7-14H2,(H,21,22). The average molecular weight is 302 g/mol. The number of rotatable bonds is 6. The molecule has 2 aliphatic rings. The van der Waals surface area contributed by atoms with Gasteiger partial charge in [-0.25, -0.2) is 0 Å². The maximum absolute atomic E-state index is 11.4. The van der Waals surface area contributed by atoms with E-state index in [0.717, 1.165) is 58.2 Å². The Kier molecular flexibility index (Phi) is 4.79. The van der Waals surface area contributed by atoms with Gasteiger partial charge in [-0.2, -0.15) is 0 Å². The molecule has 4 nitrogen and oxygen atoms in total. The van der Waals surface area contributed by atoms with Crippen molar-refractivity contribution in [3.05, 3.63) is 35.9 Å². The molecule has 0 spiro atoms. The van der Waals surface area contributed by atoms with Crippen LogP contribution in [0, 0.1) is 0 Å². The zero-order valence-corrected chi connectivity index (χ0v) is 13.1. The van der Waals surface area contributed by atoms with Gasteiger partial charge < -0.3 is 10.0 Å². The first kappa shape index (κ1) is 15.5. The number of hydrogen-bond donors (Lipinski definition) is 2. The average Bonchev–Trinajstić information content (AvgIpc) is 2.51. The number of likely N-dealkylation sites (tertiary alicyclic amines) is 1. The minimum atomic E-state index is -0.662. The Morgan fingerprint density at radius 1 is 1.23 bits per heavy atom. The van der Waals surface area contributed by atoms with Gasteiger partial charge in [0, 0.05) is 12.6 Å². The molecule has 4 heteroatoms. The highest BCUT2D eigenvalue weighted by Crippen LogP contribution is 2.33. The Hall–Kier alpha value is -1.39. The van der Waals surface area contributed by atoms with Crippen LogP contribution in [0.4, 0.5) is 0 Å². The predicted molar refractivity (Wildman–Crippen MR) is 87.0 cm³/mol. The molecule has 1 saturated heterocycles. The maximum Gasteiger partial charge on any atom is 0.323 e. The summed E-state index contributed by atoms with van der Waals surface area (Å²) < 4.78 is 0. The van der Waals surface area contributed by atoms with Gasteiger partial charge in [0.15, 0.2) is 0 Å². The van der Waals surface area contributed by atoms with Crippen LogP contribution >= 0.6 is 0 Å². The number of nitrogens with one attached hydrogen (secondary N) is 1. The first-order chi connectivity index (χ1) is 10.7. The second kappa shape index (κ2) is 6.80. The second-order valence-corrected chi connectivity index (χ2v) is 6.74. The summed E-state index contributed by atoms with van der Waals surface area (Å²) in [6.45, 7) is 3.24. The maximum atomic E-state index is 11.4. The summed E-state index contributed by atoms with van der Waals surface area (Å²) >= 11 is 0. The van der Waals surface area contributed by atoms with Crippen LogP contribution in [0.15, 0.2) is 30.3 Å². The van der Waals surface area contributed by atoms with E-state index < -0.39 is 11.5 Å². The smallest absolute Gasteiger partial charge is 0.323 e. The molecule has 120 valence electrons. The first-order valence-corrected chi connectivity index (χ1v) is 8.45. The van der Waals surface area contributed by atoms with Crippen molar-refractivity contribution in [2.24, 2.45) is 0 Å². The van der Waals surface area contributed by atoms with E-state index in [4.69, 9.17) is 0 Å². The van der Waals surface area contributed by atoms with Crippen molar-refractivity contribution in [2.45, 2.75) is 50.1 Å². The molecule has 22 heavy (non-hydrogen) atoms. The van der Waals surface area contributed by atoms with E-state index in [1.807, 2.05) is 0 Å². The summed E-state index contributed by atoms with van der Waals surface area (Å²) in [5, 5.41) is 12.8. The Balaban J connectivity index is 1.42. The van der Waals surface area contributed by atoms with Gasteiger partial charge in [-0.15, -0.1) is 0 Å². The summed E-state index contributed by atoms with van der Waals surface area (Å²) in [6.07, 6.45) is 5.83. The molecular formula is C18H26N2O2. The van der Waals surface area contributed by atoms with Crippen molar-refractivity contribution in [3.63, 3.8) is 0 Å². The van der Waals surface area contributed by atoms with Gasteiger partial charge in [0.1, 0.15) is 5.54 Å². The predicted octanol–water partition coefficient (Wildman–Crippen LogP) is 2.29. The van der Waals surface area contributed by atoms with Crippen LogP contribution in [0.3, 0.4) is 0 Å². The van der Waals surface area contributed by atoms with E-state index in [0.29, 0.717) is 6.04 Å². The molecule has 0 radical (unpaired) electrons. The molecule has 0 bridgehead atoms. The highest BCUT2D eigenvalue weighted by atomic mass is 16.4. The van der Waals surface area contributed by atoms with Crippen LogP contribution in [-0.4, -0.2) is 47.2 Å². The molecule has 1 aromatic carbocycles.